The van der Waals surface area contributed by atoms with Crippen LogP contribution in [0.25, 0.3) is 0 Å². The van der Waals surface area contributed by atoms with Crippen LogP contribution in [0.5, 0.6) is 0 Å². The lowest BCUT2D eigenvalue weighted by atomic mass is 10.2. The molecule has 1 aromatic carbocycles. The number of hydrogen-bond acceptors (Lipinski definition) is 4. The van der Waals surface area contributed by atoms with Crippen LogP contribution in [0, 0.1) is 11.3 Å². The first-order chi connectivity index (χ1) is 9.22. The highest BCUT2D eigenvalue weighted by atomic mass is 79.9. The second-order valence-corrected chi connectivity index (χ2v) is 5.74. The summed E-state index contributed by atoms with van der Waals surface area (Å²) >= 11 is 5.13. The average Bonchev–Trinajstić information content (AvgIpc) is 2.85. The summed E-state index contributed by atoms with van der Waals surface area (Å²) in [5.74, 6) is 2.72. The van der Waals surface area contributed by atoms with Crippen molar-refractivity contribution in [3.05, 3.63) is 51.9 Å². The van der Waals surface area contributed by atoms with E-state index in [9.17, 15) is 0 Å². The van der Waals surface area contributed by atoms with Crippen molar-refractivity contribution < 1.29 is 4.42 Å². The zero-order valence-corrected chi connectivity index (χ0v) is 12.8. The zero-order valence-electron chi connectivity index (χ0n) is 10.4. The number of nitrogens with one attached hydrogen (secondary N) is 1. The highest BCUT2D eigenvalue weighted by Gasteiger charge is 2.05. The van der Waals surface area contributed by atoms with Crippen LogP contribution in [0.2, 0.25) is 0 Å². The number of benzene rings is 1. The molecule has 0 saturated heterocycles. The minimum Gasteiger partial charge on any atom is -0.463 e. The molecule has 19 heavy (non-hydrogen) atoms. The van der Waals surface area contributed by atoms with E-state index in [1.165, 1.54) is 0 Å². The molecule has 0 aliphatic carbocycles. The van der Waals surface area contributed by atoms with E-state index in [2.05, 4.69) is 27.3 Å². The van der Waals surface area contributed by atoms with Crippen molar-refractivity contribution in [2.45, 2.75) is 12.3 Å². The molecule has 0 saturated carbocycles. The van der Waals surface area contributed by atoms with E-state index < -0.39 is 0 Å². The monoisotopic (exact) mass is 336 g/mol. The summed E-state index contributed by atoms with van der Waals surface area (Å²) in [7, 11) is 0. The van der Waals surface area contributed by atoms with Gasteiger partial charge in [-0.25, -0.2) is 0 Å². The summed E-state index contributed by atoms with van der Waals surface area (Å²) in [5, 5.41) is 12.3. The largest absolute Gasteiger partial charge is 0.463 e. The summed E-state index contributed by atoms with van der Waals surface area (Å²) in [6, 6.07) is 11.6. The van der Waals surface area contributed by atoms with Crippen molar-refractivity contribution in [1.29, 1.82) is 5.26 Å². The molecule has 98 valence electrons. The molecule has 3 nitrogen and oxygen atoms in total. The van der Waals surface area contributed by atoms with E-state index in [-0.39, 0.29) is 0 Å². The quantitative estimate of drug-likeness (QED) is 0.879. The number of furan rings is 1. The Kier molecular flexibility index (Phi) is 4.94. The van der Waals surface area contributed by atoms with Gasteiger partial charge >= 0.3 is 0 Å². The van der Waals surface area contributed by atoms with E-state index in [0.717, 1.165) is 27.4 Å². The number of halogens is 1. The van der Waals surface area contributed by atoms with Crippen LogP contribution in [0.3, 0.4) is 0 Å². The Balaban J connectivity index is 2.05. The van der Waals surface area contributed by atoms with E-state index in [4.69, 9.17) is 9.68 Å². The van der Waals surface area contributed by atoms with Gasteiger partial charge in [0, 0.05) is 4.47 Å². The van der Waals surface area contributed by atoms with Gasteiger partial charge in [-0.3, -0.25) is 0 Å². The SMILES string of the molecule is CSCc1ccc(CNc2cc(Br)ccc2C#N)o1. The Morgan fingerprint density at radius 3 is 2.84 bits per heavy atom. The van der Waals surface area contributed by atoms with Gasteiger partial charge in [-0.15, -0.1) is 0 Å². The number of nitriles is 1. The molecule has 0 bridgehead atoms. The number of thioether (sulfide) groups is 1. The molecule has 0 amide bonds. The van der Waals surface area contributed by atoms with E-state index >= 15 is 0 Å². The molecule has 0 aliphatic heterocycles. The molecule has 2 rings (SSSR count). The van der Waals surface area contributed by atoms with Gasteiger partial charge in [0.1, 0.15) is 17.6 Å². The van der Waals surface area contributed by atoms with Gasteiger partial charge in [0.05, 0.1) is 23.5 Å². The maximum atomic E-state index is 9.05. The molecule has 0 atom stereocenters. The lowest BCUT2D eigenvalue weighted by molar-refractivity contribution is 0.487. The molecule has 0 aliphatic rings. The van der Waals surface area contributed by atoms with Crippen LogP contribution < -0.4 is 5.32 Å². The molecule has 0 fully saturated rings. The second-order valence-electron chi connectivity index (χ2n) is 3.96. The van der Waals surface area contributed by atoms with E-state index in [0.29, 0.717) is 12.1 Å². The molecule has 0 spiro atoms. The van der Waals surface area contributed by atoms with Crippen molar-refractivity contribution in [3.8, 4) is 6.07 Å². The first kappa shape index (κ1) is 14.0. The number of anilines is 1. The Hall–Kier alpha value is -1.38. The fourth-order valence-electron chi connectivity index (χ4n) is 1.68. The smallest absolute Gasteiger partial charge is 0.123 e. The summed E-state index contributed by atoms with van der Waals surface area (Å²) < 4.78 is 6.61. The molecule has 1 heterocycles. The van der Waals surface area contributed by atoms with Gasteiger partial charge in [0.15, 0.2) is 0 Å². The Morgan fingerprint density at radius 2 is 2.11 bits per heavy atom. The first-order valence-electron chi connectivity index (χ1n) is 5.73. The van der Waals surface area contributed by atoms with Crippen molar-refractivity contribution in [2.75, 3.05) is 11.6 Å². The summed E-state index contributed by atoms with van der Waals surface area (Å²) in [4.78, 5) is 0. The third kappa shape index (κ3) is 3.79. The fraction of sp³-hybridized carbons (Fsp3) is 0.214. The van der Waals surface area contributed by atoms with Crippen molar-refractivity contribution in [3.63, 3.8) is 0 Å². The summed E-state index contributed by atoms with van der Waals surface area (Å²) in [6.45, 7) is 0.569. The first-order valence-corrected chi connectivity index (χ1v) is 7.91. The van der Waals surface area contributed by atoms with Gasteiger partial charge in [0.2, 0.25) is 0 Å². The normalized spacial score (nSPS) is 10.2. The van der Waals surface area contributed by atoms with Gasteiger partial charge < -0.3 is 9.73 Å². The average molecular weight is 337 g/mol. The molecule has 0 unspecified atom stereocenters. The van der Waals surface area contributed by atoms with Crippen LogP contribution in [0.4, 0.5) is 5.69 Å². The van der Waals surface area contributed by atoms with Gasteiger partial charge in [-0.2, -0.15) is 17.0 Å². The van der Waals surface area contributed by atoms with E-state index in [1.54, 1.807) is 17.8 Å². The summed E-state index contributed by atoms with van der Waals surface area (Å²) in [5.41, 5.74) is 1.43. The standard InChI is InChI=1S/C14H13BrN2OS/c1-19-9-13-5-4-12(18-13)8-17-14-6-11(15)3-2-10(14)7-16/h2-6,17H,8-9H2,1H3. The van der Waals surface area contributed by atoms with E-state index in [1.807, 2.05) is 30.5 Å². The molecule has 2 aromatic rings. The maximum Gasteiger partial charge on any atom is 0.123 e. The van der Waals surface area contributed by atoms with Crippen LogP contribution in [0.1, 0.15) is 17.1 Å². The van der Waals surface area contributed by atoms with Gasteiger partial charge in [0.25, 0.3) is 0 Å². The predicted octanol–water partition coefficient (Wildman–Crippen LogP) is 4.39. The topological polar surface area (TPSA) is 49.0 Å². The molecular formula is C14H13BrN2OS. The third-order valence-corrected chi connectivity index (χ3v) is 3.63. The third-order valence-electron chi connectivity index (χ3n) is 2.56. The fourth-order valence-corrected chi connectivity index (χ4v) is 2.48. The molecule has 0 radical (unpaired) electrons. The lowest BCUT2D eigenvalue weighted by Gasteiger charge is -2.07. The number of rotatable bonds is 5. The zero-order chi connectivity index (χ0) is 13.7. The lowest BCUT2D eigenvalue weighted by Crippen LogP contribution is -2.00. The van der Waals surface area contributed by atoms with Crippen molar-refractivity contribution in [1.82, 2.24) is 0 Å². The summed E-state index contributed by atoms with van der Waals surface area (Å²) in [6.07, 6.45) is 2.04. The molecule has 5 heteroatoms. The predicted molar refractivity (Wildman–Crippen MR) is 82.1 cm³/mol. The van der Waals surface area contributed by atoms with Crippen LogP contribution >= 0.6 is 27.7 Å². The molecular weight excluding hydrogens is 324 g/mol. The maximum absolute atomic E-state index is 9.05. The number of hydrogen-bond donors (Lipinski definition) is 1. The van der Waals surface area contributed by atoms with Crippen molar-refractivity contribution in [2.24, 2.45) is 0 Å². The van der Waals surface area contributed by atoms with Gasteiger partial charge in [-0.1, -0.05) is 15.9 Å². The Labute approximate surface area is 125 Å². The van der Waals surface area contributed by atoms with Crippen LogP contribution in [0.15, 0.2) is 39.2 Å². The van der Waals surface area contributed by atoms with Crippen molar-refractivity contribution >= 4 is 33.4 Å². The Morgan fingerprint density at radius 1 is 1.32 bits per heavy atom. The highest BCUT2D eigenvalue weighted by molar-refractivity contribution is 9.10. The number of nitrogens with zero attached hydrogens (tertiary/aromatic N) is 1. The van der Waals surface area contributed by atoms with Crippen LogP contribution in [-0.4, -0.2) is 6.26 Å². The van der Waals surface area contributed by atoms with Gasteiger partial charge in [-0.05, 0) is 36.6 Å². The Bertz CT molecular complexity index is 604. The highest BCUT2D eigenvalue weighted by Crippen LogP contribution is 2.22. The molecule has 1 aromatic heterocycles. The van der Waals surface area contributed by atoms with Crippen LogP contribution in [-0.2, 0) is 12.3 Å². The minimum atomic E-state index is 0.569. The second kappa shape index (κ2) is 6.69. The molecule has 1 N–H and O–H groups in total. The minimum absolute atomic E-state index is 0.569.